The number of hydrogen-bond donors (Lipinski definition) is 1. The zero-order valence-corrected chi connectivity index (χ0v) is 14.9. The first-order valence-electron chi connectivity index (χ1n) is 9.40. The maximum absolute atomic E-state index is 14.5. The normalized spacial score (nSPS) is 15.5. The molecule has 1 saturated carbocycles. The average molecular weight is 355 g/mol. The molecule has 0 bridgehead atoms. The predicted molar refractivity (Wildman–Crippen MR) is 100 cm³/mol. The van der Waals surface area contributed by atoms with E-state index in [1.54, 1.807) is 0 Å². The largest absolute Gasteiger partial charge is 0.367 e. The van der Waals surface area contributed by atoms with Crippen LogP contribution in [0.25, 0.3) is 16.9 Å². The van der Waals surface area contributed by atoms with Crippen LogP contribution < -0.4 is 5.32 Å². The Kier molecular flexibility index (Phi) is 4.62. The highest BCUT2D eigenvalue weighted by Gasteiger charge is 2.24. The summed E-state index contributed by atoms with van der Waals surface area (Å²) in [5.41, 5.74) is 2.07. The molecule has 1 aromatic carbocycles. The zero-order chi connectivity index (χ0) is 18.1. The van der Waals surface area contributed by atoms with Crippen molar-refractivity contribution in [3.63, 3.8) is 0 Å². The summed E-state index contributed by atoms with van der Waals surface area (Å²) < 4.78 is 31.0. The van der Waals surface area contributed by atoms with Crippen molar-refractivity contribution in [2.45, 2.75) is 51.5 Å². The number of halogens is 2. The lowest BCUT2D eigenvalue weighted by molar-refractivity contribution is 0.461. The summed E-state index contributed by atoms with van der Waals surface area (Å²) >= 11 is 0. The predicted octanol–water partition coefficient (Wildman–Crippen LogP) is 5.59. The van der Waals surface area contributed by atoms with Crippen LogP contribution in [-0.4, -0.2) is 15.4 Å². The summed E-state index contributed by atoms with van der Waals surface area (Å²) in [6, 6.07) is 10.1. The van der Waals surface area contributed by atoms with Gasteiger partial charge in [-0.25, -0.2) is 13.8 Å². The first-order valence-corrected chi connectivity index (χ1v) is 9.40. The molecular weight excluding hydrogens is 332 g/mol. The van der Waals surface area contributed by atoms with Gasteiger partial charge in [0, 0.05) is 11.7 Å². The molecule has 0 atom stereocenters. The number of imidazole rings is 1. The molecule has 2 heterocycles. The van der Waals surface area contributed by atoms with Crippen molar-refractivity contribution in [2.24, 2.45) is 0 Å². The second-order valence-corrected chi connectivity index (χ2v) is 6.95. The molecule has 1 aliphatic rings. The van der Waals surface area contributed by atoms with E-state index in [0.29, 0.717) is 23.2 Å². The molecular formula is C21H23F2N3. The Hall–Kier alpha value is -2.43. The SMILES string of the molecule is CCc1cccc2nc(-c3c(F)cccc3F)c(NC3CCCCC3)n12. The third-order valence-corrected chi connectivity index (χ3v) is 5.23. The Morgan fingerprint density at radius 2 is 1.73 bits per heavy atom. The Morgan fingerprint density at radius 3 is 2.42 bits per heavy atom. The molecule has 26 heavy (non-hydrogen) atoms. The molecule has 1 aliphatic carbocycles. The van der Waals surface area contributed by atoms with E-state index < -0.39 is 11.6 Å². The average Bonchev–Trinajstić information content (AvgIpc) is 3.01. The number of pyridine rings is 1. The van der Waals surface area contributed by atoms with E-state index in [9.17, 15) is 8.78 Å². The topological polar surface area (TPSA) is 29.3 Å². The Bertz CT molecular complexity index is 906. The Labute approximate surface area is 152 Å². The van der Waals surface area contributed by atoms with E-state index in [1.165, 1.54) is 37.5 Å². The van der Waals surface area contributed by atoms with Crippen molar-refractivity contribution < 1.29 is 8.78 Å². The van der Waals surface area contributed by atoms with Gasteiger partial charge >= 0.3 is 0 Å². The second kappa shape index (κ2) is 7.06. The van der Waals surface area contributed by atoms with Gasteiger partial charge in [-0.1, -0.05) is 38.3 Å². The van der Waals surface area contributed by atoms with Crippen LogP contribution in [0, 0.1) is 11.6 Å². The minimum Gasteiger partial charge on any atom is -0.367 e. The summed E-state index contributed by atoms with van der Waals surface area (Å²) in [6.45, 7) is 2.07. The van der Waals surface area contributed by atoms with Crippen molar-refractivity contribution in [1.82, 2.24) is 9.38 Å². The fourth-order valence-electron chi connectivity index (χ4n) is 3.91. The number of nitrogens with one attached hydrogen (secondary N) is 1. The minimum atomic E-state index is -0.585. The maximum Gasteiger partial charge on any atom is 0.139 e. The van der Waals surface area contributed by atoms with E-state index in [-0.39, 0.29) is 5.56 Å². The molecule has 0 saturated heterocycles. The number of nitrogens with zero attached hydrogens (tertiary/aromatic N) is 2. The Morgan fingerprint density at radius 1 is 1.04 bits per heavy atom. The lowest BCUT2D eigenvalue weighted by atomic mass is 9.95. The number of fused-ring (bicyclic) bond motifs is 1. The highest BCUT2D eigenvalue weighted by molar-refractivity contribution is 5.78. The van der Waals surface area contributed by atoms with Gasteiger partial charge in [-0.2, -0.15) is 0 Å². The smallest absolute Gasteiger partial charge is 0.139 e. The summed E-state index contributed by atoms with van der Waals surface area (Å²) in [4.78, 5) is 4.60. The van der Waals surface area contributed by atoms with Crippen molar-refractivity contribution >= 4 is 11.5 Å². The lowest BCUT2D eigenvalue weighted by Crippen LogP contribution is -2.23. The van der Waals surface area contributed by atoms with Gasteiger partial charge in [-0.05, 0) is 43.5 Å². The number of anilines is 1. The third kappa shape index (κ3) is 2.96. The first kappa shape index (κ1) is 17.0. The lowest BCUT2D eigenvalue weighted by Gasteiger charge is -2.24. The molecule has 2 aromatic heterocycles. The van der Waals surface area contributed by atoms with Crippen LogP contribution in [0.5, 0.6) is 0 Å². The quantitative estimate of drug-likeness (QED) is 0.661. The van der Waals surface area contributed by atoms with Crippen LogP contribution in [-0.2, 0) is 6.42 Å². The number of rotatable bonds is 4. The highest BCUT2D eigenvalue weighted by atomic mass is 19.1. The molecule has 0 radical (unpaired) electrons. The molecule has 0 spiro atoms. The zero-order valence-electron chi connectivity index (χ0n) is 14.9. The molecule has 0 unspecified atom stereocenters. The van der Waals surface area contributed by atoms with E-state index in [2.05, 4.69) is 17.2 Å². The summed E-state index contributed by atoms with van der Waals surface area (Å²) in [5.74, 6) is -0.468. The highest BCUT2D eigenvalue weighted by Crippen LogP contribution is 2.35. The standard InChI is InChI=1S/C21H23F2N3/c1-2-15-10-6-13-18-25-20(19-16(22)11-7-12-17(19)23)21(26(15)18)24-14-8-4-3-5-9-14/h6-7,10-14,24H,2-5,8-9H2,1H3. The van der Waals surface area contributed by atoms with Crippen LogP contribution in [0.15, 0.2) is 36.4 Å². The van der Waals surface area contributed by atoms with Gasteiger partial charge < -0.3 is 5.32 Å². The fraction of sp³-hybridized carbons (Fsp3) is 0.381. The molecule has 5 heteroatoms. The van der Waals surface area contributed by atoms with Crippen molar-refractivity contribution in [3.05, 3.63) is 53.7 Å². The summed E-state index contributed by atoms with van der Waals surface area (Å²) in [6.07, 6.45) is 6.56. The van der Waals surface area contributed by atoms with Gasteiger partial charge in [0.25, 0.3) is 0 Å². The molecule has 3 aromatic rings. The minimum absolute atomic E-state index is 0.0587. The Balaban J connectivity index is 1.92. The molecule has 4 rings (SSSR count). The van der Waals surface area contributed by atoms with Crippen LogP contribution in [0.1, 0.15) is 44.7 Å². The summed E-state index contributed by atoms with van der Waals surface area (Å²) in [5, 5.41) is 3.57. The molecule has 1 fully saturated rings. The van der Waals surface area contributed by atoms with Crippen molar-refractivity contribution in [1.29, 1.82) is 0 Å². The van der Waals surface area contributed by atoms with E-state index in [4.69, 9.17) is 0 Å². The molecule has 0 aliphatic heterocycles. The van der Waals surface area contributed by atoms with Crippen molar-refractivity contribution in [3.8, 4) is 11.3 Å². The van der Waals surface area contributed by atoms with Gasteiger partial charge in [-0.3, -0.25) is 4.40 Å². The fourth-order valence-corrected chi connectivity index (χ4v) is 3.91. The third-order valence-electron chi connectivity index (χ3n) is 5.23. The van der Waals surface area contributed by atoms with Crippen LogP contribution in [0.3, 0.4) is 0 Å². The van der Waals surface area contributed by atoms with E-state index >= 15 is 0 Å². The second-order valence-electron chi connectivity index (χ2n) is 6.95. The summed E-state index contributed by atoms with van der Waals surface area (Å²) in [7, 11) is 0. The molecule has 1 N–H and O–H groups in total. The van der Waals surface area contributed by atoms with Crippen LogP contribution in [0.2, 0.25) is 0 Å². The van der Waals surface area contributed by atoms with Gasteiger partial charge in [0.2, 0.25) is 0 Å². The number of benzene rings is 1. The van der Waals surface area contributed by atoms with Gasteiger partial charge in [0.1, 0.15) is 28.8 Å². The van der Waals surface area contributed by atoms with E-state index in [1.807, 2.05) is 22.6 Å². The van der Waals surface area contributed by atoms with Gasteiger partial charge in [-0.15, -0.1) is 0 Å². The number of hydrogen-bond acceptors (Lipinski definition) is 2. The molecule has 0 amide bonds. The molecule has 3 nitrogen and oxygen atoms in total. The van der Waals surface area contributed by atoms with Crippen molar-refractivity contribution in [2.75, 3.05) is 5.32 Å². The van der Waals surface area contributed by atoms with Crippen LogP contribution >= 0.6 is 0 Å². The maximum atomic E-state index is 14.5. The van der Waals surface area contributed by atoms with Crippen LogP contribution in [0.4, 0.5) is 14.6 Å². The first-order chi connectivity index (χ1) is 12.7. The van der Waals surface area contributed by atoms with E-state index in [0.717, 1.165) is 25.0 Å². The monoisotopic (exact) mass is 355 g/mol. The number of aromatic nitrogens is 2. The van der Waals surface area contributed by atoms with Gasteiger partial charge in [0.15, 0.2) is 0 Å². The number of aryl methyl sites for hydroxylation is 1. The molecule has 136 valence electrons. The van der Waals surface area contributed by atoms with Gasteiger partial charge in [0.05, 0.1) is 5.56 Å².